The summed E-state index contributed by atoms with van der Waals surface area (Å²) in [6.45, 7) is 1.88. The molecule has 0 aliphatic heterocycles. The Morgan fingerprint density at radius 3 is 2.50 bits per heavy atom. The quantitative estimate of drug-likeness (QED) is 0.376. The standard InChI is InChI=1S/C19H17Cl3N6OS/c1-10(30-9-16(29)25-15-8-13(21)12(20)7-14(15)22)17-26-18(23)28-19(27-17)24-11-5-3-2-4-6-11/h2-8,10H,9H2,1H3,(H,25,29)(H3,23,24,26,27,28)/t10-/m1/s1. The van der Waals surface area contributed by atoms with Crippen LogP contribution in [0.2, 0.25) is 15.1 Å². The van der Waals surface area contributed by atoms with Crippen LogP contribution in [0.1, 0.15) is 18.0 Å². The maximum Gasteiger partial charge on any atom is 0.234 e. The summed E-state index contributed by atoms with van der Waals surface area (Å²) in [4.78, 5) is 25.0. The lowest BCUT2D eigenvalue weighted by atomic mass is 10.3. The van der Waals surface area contributed by atoms with Crippen molar-refractivity contribution in [2.45, 2.75) is 12.2 Å². The molecule has 0 aliphatic carbocycles. The third-order valence-corrected chi connectivity index (χ3v) is 5.99. The van der Waals surface area contributed by atoms with Gasteiger partial charge in [0.1, 0.15) is 5.82 Å². The highest BCUT2D eigenvalue weighted by atomic mass is 35.5. The number of carbonyl (C=O) groups excluding carboxylic acids is 1. The molecule has 1 heterocycles. The van der Waals surface area contributed by atoms with Crippen molar-refractivity contribution in [2.24, 2.45) is 0 Å². The first-order chi connectivity index (χ1) is 14.3. The van der Waals surface area contributed by atoms with E-state index in [1.807, 2.05) is 37.3 Å². The van der Waals surface area contributed by atoms with Gasteiger partial charge in [0.25, 0.3) is 0 Å². The van der Waals surface area contributed by atoms with Crippen LogP contribution in [0, 0.1) is 0 Å². The molecule has 11 heteroatoms. The second-order valence-corrected chi connectivity index (χ2v) is 8.66. The van der Waals surface area contributed by atoms with Crippen LogP contribution in [0.15, 0.2) is 42.5 Å². The molecule has 0 saturated carbocycles. The number of halogens is 3. The molecule has 1 atom stereocenters. The Morgan fingerprint density at radius 2 is 1.77 bits per heavy atom. The zero-order valence-corrected chi connectivity index (χ0v) is 18.8. The number of benzene rings is 2. The normalized spacial score (nSPS) is 11.7. The van der Waals surface area contributed by atoms with Crippen molar-refractivity contribution in [2.75, 3.05) is 22.1 Å². The molecule has 156 valence electrons. The van der Waals surface area contributed by atoms with Gasteiger partial charge < -0.3 is 16.4 Å². The Hall–Kier alpha value is -2.26. The molecule has 0 saturated heterocycles. The third-order valence-electron chi connectivity index (χ3n) is 3.81. The van der Waals surface area contributed by atoms with Crippen molar-refractivity contribution in [1.29, 1.82) is 0 Å². The van der Waals surface area contributed by atoms with E-state index in [-0.39, 0.29) is 22.9 Å². The first-order valence-electron chi connectivity index (χ1n) is 8.71. The SMILES string of the molecule is C[C@@H](SCC(=O)Nc1cc(Cl)c(Cl)cc1Cl)c1nc(N)nc(Nc2ccccc2)n1. The van der Waals surface area contributed by atoms with Gasteiger partial charge in [-0.2, -0.15) is 15.0 Å². The summed E-state index contributed by atoms with van der Waals surface area (Å²) in [6, 6.07) is 12.5. The van der Waals surface area contributed by atoms with E-state index in [2.05, 4.69) is 25.6 Å². The number of hydrogen-bond donors (Lipinski definition) is 3. The lowest BCUT2D eigenvalue weighted by molar-refractivity contribution is -0.113. The van der Waals surface area contributed by atoms with Crippen molar-refractivity contribution in [3.05, 3.63) is 63.4 Å². The van der Waals surface area contributed by atoms with E-state index >= 15 is 0 Å². The summed E-state index contributed by atoms with van der Waals surface area (Å²) in [5.74, 6) is 0.786. The highest BCUT2D eigenvalue weighted by Crippen LogP contribution is 2.33. The number of aromatic nitrogens is 3. The number of nitrogen functional groups attached to an aromatic ring is 1. The number of carbonyl (C=O) groups is 1. The number of amides is 1. The summed E-state index contributed by atoms with van der Waals surface area (Å²) in [5.41, 5.74) is 7.04. The lowest BCUT2D eigenvalue weighted by Crippen LogP contribution is -2.16. The Balaban J connectivity index is 1.62. The van der Waals surface area contributed by atoms with Crippen LogP contribution < -0.4 is 16.4 Å². The Labute approximate surface area is 192 Å². The van der Waals surface area contributed by atoms with Gasteiger partial charge in [-0.15, -0.1) is 11.8 Å². The second-order valence-electron chi connectivity index (χ2n) is 6.11. The average molecular weight is 484 g/mol. The zero-order valence-electron chi connectivity index (χ0n) is 15.7. The van der Waals surface area contributed by atoms with Gasteiger partial charge in [-0.25, -0.2) is 0 Å². The van der Waals surface area contributed by atoms with Crippen molar-refractivity contribution in [3.63, 3.8) is 0 Å². The van der Waals surface area contributed by atoms with Crippen LogP contribution in [0.4, 0.5) is 23.3 Å². The first-order valence-corrected chi connectivity index (χ1v) is 10.9. The van der Waals surface area contributed by atoms with E-state index in [1.54, 1.807) is 0 Å². The molecule has 1 amide bonds. The monoisotopic (exact) mass is 482 g/mol. The van der Waals surface area contributed by atoms with Gasteiger partial charge in [0.05, 0.1) is 31.8 Å². The smallest absolute Gasteiger partial charge is 0.234 e. The van der Waals surface area contributed by atoms with Gasteiger partial charge in [0.2, 0.25) is 17.8 Å². The molecule has 2 aromatic carbocycles. The van der Waals surface area contributed by atoms with E-state index in [0.29, 0.717) is 32.5 Å². The number of nitrogens with two attached hydrogens (primary N) is 1. The van der Waals surface area contributed by atoms with Crippen molar-refractivity contribution in [3.8, 4) is 0 Å². The number of nitrogens with zero attached hydrogens (tertiary/aromatic N) is 3. The highest BCUT2D eigenvalue weighted by Gasteiger charge is 2.16. The molecule has 30 heavy (non-hydrogen) atoms. The molecule has 0 fully saturated rings. The topological polar surface area (TPSA) is 106 Å². The average Bonchev–Trinajstić information content (AvgIpc) is 2.70. The van der Waals surface area contributed by atoms with Crippen LogP contribution in [0.25, 0.3) is 0 Å². The van der Waals surface area contributed by atoms with Gasteiger partial charge in [0, 0.05) is 5.69 Å². The fraction of sp³-hybridized carbons (Fsp3) is 0.158. The first kappa shape index (κ1) is 22.4. The molecule has 1 aromatic heterocycles. The van der Waals surface area contributed by atoms with Crippen LogP contribution in [0.5, 0.6) is 0 Å². The van der Waals surface area contributed by atoms with Crippen LogP contribution in [-0.2, 0) is 4.79 Å². The van der Waals surface area contributed by atoms with Crippen molar-refractivity contribution < 1.29 is 4.79 Å². The molecule has 0 unspecified atom stereocenters. The van der Waals surface area contributed by atoms with Crippen molar-refractivity contribution >= 4 is 75.7 Å². The van der Waals surface area contributed by atoms with E-state index in [0.717, 1.165) is 5.69 Å². The minimum atomic E-state index is -0.253. The maximum atomic E-state index is 12.3. The van der Waals surface area contributed by atoms with Gasteiger partial charge >= 0.3 is 0 Å². The third kappa shape index (κ3) is 6.12. The molecule has 3 rings (SSSR count). The highest BCUT2D eigenvalue weighted by molar-refractivity contribution is 8.00. The molecule has 0 radical (unpaired) electrons. The number of nitrogens with one attached hydrogen (secondary N) is 2. The zero-order chi connectivity index (χ0) is 21.7. The van der Waals surface area contributed by atoms with Gasteiger partial charge in [0.15, 0.2) is 0 Å². The molecule has 7 nitrogen and oxygen atoms in total. The Kier molecular flexibility index (Phi) is 7.60. The molecular formula is C19H17Cl3N6OS. The number of thioether (sulfide) groups is 1. The van der Waals surface area contributed by atoms with Gasteiger partial charge in [-0.05, 0) is 31.2 Å². The predicted octanol–water partition coefficient (Wildman–Crippen LogP) is 5.59. The van der Waals surface area contributed by atoms with Crippen LogP contribution in [-0.4, -0.2) is 26.6 Å². The Morgan fingerprint density at radius 1 is 1.07 bits per heavy atom. The van der Waals surface area contributed by atoms with Crippen molar-refractivity contribution in [1.82, 2.24) is 15.0 Å². The summed E-state index contributed by atoms with van der Waals surface area (Å²) in [5, 5.41) is 6.51. The second kappa shape index (κ2) is 10.2. The molecule has 4 N–H and O–H groups in total. The largest absolute Gasteiger partial charge is 0.368 e. The fourth-order valence-corrected chi connectivity index (χ4v) is 3.70. The predicted molar refractivity (Wildman–Crippen MR) is 125 cm³/mol. The molecule has 0 spiro atoms. The van der Waals surface area contributed by atoms with E-state index < -0.39 is 0 Å². The van der Waals surface area contributed by atoms with Gasteiger partial charge in [-0.1, -0.05) is 53.0 Å². The summed E-state index contributed by atoms with van der Waals surface area (Å²) >= 11 is 19.3. The molecular weight excluding hydrogens is 467 g/mol. The number of anilines is 4. The van der Waals surface area contributed by atoms with Gasteiger partial charge in [-0.3, -0.25) is 4.79 Å². The molecule has 3 aromatic rings. The van der Waals surface area contributed by atoms with E-state index in [4.69, 9.17) is 40.5 Å². The molecule has 0 bridgehead atoms. The maximum absolute atomic E-state index is 12.3. The minimum Gasteiger partial charge on any atom is -0.368 e. The van der Waals surface area contributed by atoms with Crippen LogP contribution in [0.3, 0.4) is 0 Å². The minimum absolute atomic E-state index is 0.0953. The number of hydrogen-bond acceptors (Lipinski definition) is 7. The summed E-state index contributed by atoms with van der Waals surface area (Å²) < 4.78 is 0. The summed E-state index contributed by atoms with van der Waals surface area (Å²) in [6.07, 6.45) is 0. The Bertz CT molecular complexity index is 1050. The number of para-hydroxylation sites is 1. The molecule has 0 aliphatic rings. The number of rotatable bonds is 7. The van der Waals surface area contributed by atoms with E-state index in [9.17, 15) is 4.79 Å². The summed E-state index contributed by atoms with van der Waals surface area (Å²) in [7, 11) is 0. The van der Waals surface area contributed by atoms with E-state index in [1.165, 1.54) is 23.9 Å². The fourth-order valence-electron chi connectivity index (χ4n) is 2.38. The lowest BCUT2D eigenvalue weighted by Gasteiger charge is -2.13. The van der Waals surface area contributed by atoms with Crippen LogP contribution >= 0.6 is 46.6 Å².